The zero-order chi connectivity index (χ0) is 18.6. The van der Waals surface area contributed by atoms with Crippen LogP contribution in [-0.4, -0.2) is 26.3 Å². The Morgan fingerprint density at radius 2 is 1.93 bits per heavy atom. The van der Waals surface area contributed by atoms with Gasteiger partial charge in [0, 0.05) is 23.6 Å². The molecule has 0 bridgehead atoms. The second-order valence-electron chi connectivity index (χ2n) is 6.08. The monoisotopic (exact) mass is 378 g/mol. The molecule has 0 aliphatic carbocycles. The maximum absolute atomic E-state index is 12.3. The SMILES string of the molecule is CC(Sc1nnc(-c2c[nH]c3ccccc23)o1)C(=O)NCc1ccccc1. The zero-order valence-corrected chi connectivity index (χ0v) is 15.5. The Hall–Kier alpha value is -3.06. The van der Waals surface area contributed by atoms with Crippen molar-refractivity contribution < 1.29 is 9.21 Å². The highest BCUT2D eigenvalue weighted by Gasteiger charge is 2.19. The molecule has 0 saturated carbocycles. The number of amides is 1. The summed E-state index contributed by atoms with van der Waals surface area (Å²) in [7, 11) is 0. The number of rotatable bonds is 6. The van der Waals surface area contributed by atoms with Crippen molar-refractivity contribution in [3.63, 3.8) is 0 Å². The number of para-hydroxylation sites is 1. The normalized spacial score (nSPS) is 12.2. The number of H-pyrrole nitrogens is 1. The smallest absolute Gasteiger partial charge is 0.277 e. The predicted molar refractivity (Wildman–Crippen MR) is 105 cm³/mol. The molecule has 0 spiro atoms. The third-order valence-corrected chi connectivity index (χ3v) is 5.12. The van der Waals surface area contributed by atoms with Crippen molar-refractivity contribution >= 4 is 28.6 Å². The number of hydrogen-bond acceptors (Lipinski definition) is 5. The number of benzene rings is 2. The van der Waals surface area contributed by atoms with Gasteiger partial charge in [0.2, 0.25) is 5.91 Å². The molecular weight excluding hydrogens is 360 g/mol. The van der Waals surface area contributed by atoms with E-state index < -0.39 is 0 Å². The minimum Gasteiger partial charge on any atom is -0.411 e. The first kappa shape index (κ1) is 17.4. The van der Waals surface area contributed by atoms with Crippen molar-refractivity contribution in [3.8, 4) is 11.5 Å². The highest BCUT2D eigenvalue weighted by molar-refractivity contribution is 8.00. The van der Waals surface area contributed by atoms with Gasteiger partial charge in [-0.1, -0.05) is 60.3 Å². The Bertz CT molecular complexity index is 1060. The van der Waals surface area contributed by atoms with Gasteiger partial charge in [0.25, 0.3) is 11.1 Å². The predicted octanol–water partition coefficient (Wildman–Crippen LogP) is 4.01. The van der Waals surface area contributed by atoms with Gasteiger partial charge >= 0.3 is 0 Å². The summed E-state index contributed by atoms with van der Waals surface area (Å²) < 4.78 is 5.76. The minimum atomic E-state index is -0.343. The number of nitrogens with zero attached hydrogens (tertiary/aromatic N) is 2. The van der Waals surface area contributed by atoms with Crippen LogP contribution in [0.5, 0.6) is 0 Å². The van der Waals surface area contributed by atoms with Gasteiger partial charge in [-0.05, 0) is 18.6 Å². The molecule has 0 aliphatic heterocycles. The average molecular weight is 378 g/mol. The third kappa shape index (κ3) is 3.88. The number of aromatic nitrogens is 3. The van der Waals surface area contributed by atoms with E-state index in [1.165, 1.54) is 11.8 Å². The lowest BCUT2D eigenvalue weighted by Crippen LogP contribution is -2.30. The molecule has 1 unspecified atom stereocenters. The summed E-state index contributed by atoms with van der Waals surface area (Å²) in [6.07, 6.45) is 1.85. The summed E-state index contributed by atoms with van der Waals surface area (Å²) in [5.41, 5.74) is 2.92. The Labute approximate surface area is 160 Å². The largest absolute Gasteiger partial charge is 0.411 e. The van der Waals surface area contributed by atoms with Crippen LogP contribution in [0.25, 0.3) is 22.4 Å². The van der Waals surface area contributed by atoms with E-state index in [0.717, 1.165) is 22.0 Å². The molecule has 2 aromatic heterocycles. The van der Waals surface area contributed by atoms with E-state index in [2.05, 4.69) is 20.5 Å². The molecule has 2 N–H and O–H groups in total. The van der Waals surface area contributed by atoms with E-state index >= 15 is 0 Å². The number of aromatic amines is 1. The summed E-state index contributed by atoms with van der Waals surface area (Å²) in [6, 6.07) is 17.7. The van der Waals surface area contributed by atoms with Crippen LogP contribution in [0, 0.1) is 0 Å². The van der Waals surface area contributed by atoms with E-state index in [0.29, 0.717) is 17.7 Å². The molecule has 4 rings (SSSR count). The van der Waals surface area contributed by atoms with Crippen molar-refractivity contribution in [1.29, 1.82) is 0 Å². The van der Waals surface area contributed by atoms with Gasteiger partial charge in [-0.2, -0.15) is 0 Å². The molecule has 2 heterocycles. The fourth-order valence-corrected chi connectivity index (χ4v) is 3.46. The second kappa shape index (κ2) is 7.67. The maximum atomic E-state index is 12.3. The van der Waals surface area contributed by atoms with E-state index in [4.69, 9.17) is 4.42 Å². The topological polar surface area (TPSA) is 83.8 Å². The Morgan fingerprint density at radius 1 is 1.15 bits per heavy atom. The van der Waals surface area contributed by atoms with Gasteiger partial charge in [0.1, 0.15) is 0 Å². The highest BCUT2D eigenvalue weighted by Crippen LogP contribution is 2.30. The fraction of sp³-hybridized carbons (Fsp3) is 0.150. The molecule has 0 radical (unpaired) electrons. The van der Waals surface area contributed by atoms with Crippen LogP contribution in [0.4, 0.5) is 0 Å². The molecule has 0 saturated heterocycles. The Kier molecular flexibility index (Phi) is 4.93. The molecule has 2 aromatic carbocycles. The standard InChI is InChI=1S/C20H18N4O2S/c1-13(18(25)22-11-14-7-3-2-4-8-14)27-20-24-23-19(26-20)16-12-21-17-10-6-5-9-15(16)17/h2-10,12-13,21H,11H2,1H3,(H,22,25). The van der Waals surface area contributed by atoms with E-state index in [1.54, 1.807) is 0 Å². The molecule has 0 fully saturated rings. The summed E-state index contributed by atoms with van der Waals surface area (Å²) in [4.78, 5) is 15.5. The lowest BCUT2D eigenvalue weighted by atomic mass is 10.2. The summed E-state index contributed by atoms with van der Waals surface area (Å²) in [5.74, 6) is 0.363. The second-order valence-corrected chi connectivity index (χ2v) is 7.38. The average Bonchev–Trinajstić information content (AvgIpc) is 3.33. The Balaban J connectivity index is 1.40. The van der Waals surface area contributed by atoms with Gasteiger partial charge in [-0.3, -0.25) is 4.79 Å². The van der Waals surface area contributed by atoms with Gasteiger partial charge < -0.3 is 14.7 Å². The number of carbonyl (C=O) groups is 1. The van der Waals surface area contributed by atoms with Crippen molar-refractivity contribution in [2.24, 2.45) is 0 Å². The zero-order valence-electron chi connectivity index (χ0n) is 14.7. The van der Waals surface area contributed by atoms with E-state index in [9.17, 15) is 4.79 Å². The number of thioether (sulfide) groups is 1. The van der Waals surface area contributed by atoms with Gasteiger partial charge in [-0.15, -0.1) is 10.2 Å². The van der Waals surface area contributed by atoms with E-state index in [-0.39, 0.29) is 11.2 Å². The molecule has 136 valence electrons. The molecule has 1 atom stereocenters. The minimum absolute atomic E-state index is 0.0734. The first-order chi connectivity index (χ1) is 13.2. The lowest BCUT2D eigenvalue weighted by molar-refractivity contribution is -0.120. The van der Waals surface area contributed by atoms with Gasteiger partial charge in [0.15, 0.2) is 0 Å². The highest BCUT2D eigenvalue weighted by atomic mass is 32.2. The van der Waals surface area contributed by atoms with Crippen LogP contribution >= 0.6 is 11.8 Å². The molecule has 7 heteroatoms. The quantitative estimate of drug-likeness (QED) is 0.495. The van der Waals surface area contributed by atoms with Crippen LogP contribution in [0.3, 0.4) is 0 Å². The summed E-state index contributed by atoms with van der Waals surface area (Å²) in [6.45, 7) is 2.32. The molecule has 1 amide bonds. The van der Waals surface area contributed by atoms with Crippen molar-refractivity contribution in [2.45, 2.75) is 23.9 Å². The van der Waals surface area contributed by atoms with Crippen LogP contribution in [0.1, 0.15) is 12.5 Å². The van der Waals surface area contributed by atoms with Crippen LogP contribution in [0.2, 0.25) is 0 Å². The van der Waals surface area contributed by atoms with Crippen molar-refractivity contribution in [1.82, 2.24) is 20.5 Å². The number of hydrogen-bond donors (Lipinski definition) is 2. The first-order valence-electron chi connectivity index (χ1n) is 8.59. The van der Waals surface area contributed by atoms with Gasteiger partial charge in [-0.25, -0.2) is 0 Å². The van der Waals surface area contributed by atoms with Crippen LogP contribution in [-0.2, 0) is 11.3 Å². The Morgan fingerprint density at radius 3 is 2.78 bits per heavy atom. The summed E-state index contributed by atoms with van der Waals surface area (Å²) >= 11 is 1.25. The number of fused-ring (bicyclic) bond motifs is 1. The molecule has 27 heavy (non-hydrogen) atoms. The molecule has 6 nitrogen and oxygen atoms in total. The lowest BCUT2D eigenvalue weighted by Gasteiger charge is -2.09. The first-order valence-corrected chi connectivity index (χ1v) is 9.47. The molecule has 4 aromatic rings. The third-order valence-electron chi connectivity index (χ3n) is 4.18. The summed E-state index contributed by atoms with van der Waals surface area (Å²) in [5, 5.41) is 12.2. The van der Waals surface area contributed by atoms with Crippen molar-refractivity contribution in [3.05, 3.63) is 66.4 Å². The van der Waals surface area contributed by atoms with E-state index in [1.807, 2.05) is 67.7 Å². The maximum Gasteiger partial charge on any atom is 0.277 e. The molecular formula is C20H18N4O2S. The molecule has 0 aliphatic rings. The van der Waals surface area contributed by atoms with Crippen LogP contribution < -0.4 is 5.32 Å². The van der Waals surface area contributed by atoms with Crippen LogP contribution in [0.15, 0.2) is 70.4 Å². The van der Waals surface area contributed by atoms with Gasteiger partial charge in [0.05, 0.1) is 10.8 Å². The fourth-order valence-electron chi connectivity index (χ4n) is 2.75. The van der Waals surface area contributed by atoms with Crippen molar-refractivity contribution in [2.75, 3.05) is 0 Å². The number of nitrogens with one attached hydrogen (secondary N) is 2. The number of carbonyl (C=O) groups excluding carboxylic acids is 1.